The lowest BCUT2D eigenvalue weighted by molar-refractivity contribution is -0.482. The van der Waals surface area contributed by atoms with Crippen LogP contribution in [0.1, 0.15) is 25.0 Å². The van der Waals surface area contributed by atoms with Crippen LogP contribution in [0.3, 0.4) is 0 Å². The number of benzene rings is 2. The molecule has 2 bridgehead atoms. The molecule has 3 aliphatic heterocycles. The fraction of sp³-hybridized carbons (Fsp3) is 0.435. The Hall–Kier alpha value is -2.45. The summed E-state index contributed by atoms with van der Waals surface area (Å²) in [6, 6.07) is 17.3. The summed E-state index contributed by atoms with van der Waals surface area (Å²) in [5.74, 6) is -1.61. The molecule has 7 heteroatoms. The molecular weight excluding hydrogens is 386 g/mol. The highest BCUT2D eigenvalue weighted by Crippen LogP contribution is 2.44. The summed E-state index contributed by atoms with van der Waals surface area (Å²) in [6.45, 7) is 4.89. The predicted molar refractivity (Wildman–Crippen MR) is 108 cm³/mol. The van der Waals surface area contributed by atoms with Crippen LogP contribution < -0.4 is 5.32 Å². The third kappa shape index (κ3) is 4.06. The average molecular weight is 413 g/mol. The van der Waals surface area contributed by atoms with E-state index in [1.165, 1.54) is 0 Å². The van der Waals surface area contributed by atoms with Crippen molar-refractivity contribution in [2.24, 2.45) is 5.41 Å². The summed E-state index contributed by atoms with van der Waals surface area (Å²) in [4.78, 5) is 12.7. The fourth-order valence-electron chi connectivity index (χ4n) is 3.72. The van der Waals surface area contributed by atoms with Gasteiger partial charge in [-0.25, -0.2) is 4.79 Å². The van der Waals surface area contributed by atoms with E-state index in [0.717, 1.165) is 5.56 Å². The molecule has 0 spiro atoms. The van der Waals surface area contributed by atoms with Gasteiger partial charge in [-0.15, -0.1) is 0 Å². The summed E-state index contributed by atoms with van der Waals surface area (Å²) >= 11 is 0. The topological polar surface area (TPSA) is 86.3 Å². The van der Waals surface area contributed by atoms with E-state index >= 15 is 0 Å². The maximum absolute atomic E-state index is 12.7. The van der Waals surface area contributed by atoms with Crippen LogP contribution in [-0.4, -0.2) is 43.0 Å². The van der Waals surface area contributed by atoms with Crippen molar-refractivity contribution < 1.29 is 28.8 Å². The Balaban J connectivity index is 1.57. The van der Waals surface area contributed by atoms with E-state index < -0.39 is 23.7 Å². The van der Waals surface area contributed by atoms with E-state index in [-0.39, 0.29) is 12.0 Å². The summed E-state index contributed by atoms with van der Waals surface area (Å²) < 4.78 is 23.2. The first-order valence-electron chi connectivity index (χ1n) is 10.0. The second-order valence-electron chi connectivity index (χ2n) is 8.43. The lowest BCUT2D eigenvalue weighted by Gasteiger charge is -2.55. The van der Waals surface area contributed by atoms with Crippen molar-refractivity contribution in [3.8, 4) is 0 Å². The normalized spacial score (nSPS) is 28.4. The van der Waals surface area contributed by atoms with Crippen molar-refractivity contribution in [1.82, 2.24) is 5.32 Å². The number of hydrogen-bond acceptors (Lipinski definition) is 6. The molecular formula is C23H27NO6. The number of rotatable bonds is 6. The minimum atomic E-state index is -1.61. The second kappa shape index (κ2) is 8.00. The van der Waals surface area contributed by atoms with Crippen molar-refractivity contribution in [2.75, 3.05) is 19.8 Å². The van der Waals surface area contributed by atoms with Gasteiger partial charge in [0, 0.05) is 5.41 Å². The van der Waals surface area contributed by atoms with Crippen LogP contribution in [0, 0.1) is 5.41 Å². The largest absolute Gasteiger partial charge is 0.445 e. The summed E-state index contributed by atoms with van der Waals surface area (Å²) in [7, 11) is 0. The molecule has 3 saturated heterocycles. The molecule has 160 valence electrons. The molecule has 7 nitrogen and oxygen atoms in total. The van der Waals surface area contributed by atoms with Crippen molar-refractivity contribution in [2.45, 2.75) is 38.1 Å². The lowest BCUT2D eigenvalue weighted by atomic mass is 9.84. The molecule has 3 heterocycles. The molecule has 0 aliphatic carbocycles. The van der Waals surface area contributed by atoms with Crippen molar-refractivity contribution in [3.05, 3.63) is 71.8 Å². The Labute approximate surface area is 175 Å². The standard InChI is InChI=1S/C23H27NO6/c1-21-14-28-23(29-15-21,30-16-21)19(22(2,26)18-11-7-4-8-12-18)24-20(25)27-13-17-9-5-3-6-10-17/h3-12,19,26H,13-16H2,1-2H3,(H,24,25)/t19-,21?,22-,23?/m0/s1. The minimum absolute atomic E-state index is 0.0977. The number of ether oxygens (including phenoxy) is 4. The summed E-state index contributed by atoms with van der Waals surface area (Å²) in [6.07, 6.45) is -0.704. The fourth-order valence-corrected chi connectivity index (χ4v) is 3.72. The first kappa shape index (κ1) is 20.8. The van der Waals surface area contributed by atoms with Crippen molar-refractivity contribution in [3.63, 3.8) is 0 Å². The smallest absolute Gasteiger partial charge is 0.408 e. The number of fused-ring (bicyclic) bond motifs is 3. The maximum Gasteiger partial charge on any atom is 0.408 e. The van der Waals surface area contributed by atoms with Gasteiger partial charge in [0.1, 0.15) is 18.2 Å². The minimum Gasteiger partial charge on any atom is -0.445 e. The number of aliphatic hydroxyl groups is 1. The Morgan fingerprint density at radius 2 is 1.60 bits per heavy atom. The second-order valence-corrected chi connectivity index (χ2v) is 8.43. The first-order valence-corrected chi connectivity index (χ1v) is 10.0. The molecule has 3 aliphatic rings. The van der Waals surface area contributed by atoms with Crippen molar-refractivity contribution in [1.29, 1.82) is 0 Å². The van der Waals surface area contributed by atoms with E-state index in [9.17, 15) is 9.90 Å². The van der Waals surface area contributed by atoms with Gasteiger partial charge in [0.05, 0.1) is 19.8 Å². The van der Waals surface area contributed by atoms with Gasteiger partial charge in [-0.05, 0) is 18.1 Å². The van der Waals surface area contributed by atoms with E-state index in [2.05, 4.69) is 5.32 Å². The maximum atomic E-state index is 12.7. The molecule has 1 amide bonds. The lowest BCUT2D eigenvalue weighted by Crippen LogP contribution is -2.72. The number of carbonyl (C=O) groups is 1. The van der Waals surface area contributed by atoms with Gasteiger partial charge in [0.15, 0.2) is 0 Å². The van der Waals surface area contributed by atoms with Crippen LogP contribution in [0.2, 0.25) is 0 Å². The van der Waals surface area contributed by atoms with Gasteiger partial charge < -0.3 is 29.4 Å². The van der Waals surface area contributed by atoms with Gasteiger partial charge in [-0.2, -0.15) is 0 Å². The molecule has 30 heavy (non-hydrogen) atoms. The van der Waals surface area contributed by atoms with Crippen LogP contribution in [0.15, 0.2) is 60.7 Å². The van der Waals surface area contributed by atoms with Crippen molar-refractivity contribution >= 4 is 6.09 Å². The average Bonchev–Trinajstić information content (AvgIpc) is 2.78. The van der Waals surface area contributed by atoms with E-state index in [1.54, 1.807) is 19.1 Å². The monoisotopic (exact) mass is 413 g/mol. The quantitative estimate of drug-likeness (QED) is 0.757. The predicted octanol–water partition coefficient (Wildman–Crippen LogP) is 2.93. The molecule has 5 rings (SSSR count). The molecule has 0 unspecified atom stereocenters. The van der Waals surface area contributed by atoms with Crippen LogP contribution in [0.25, 0.3) is 0 Å². The molecule has 0 aromatic heterocycles. The van der Waals surface area contributed by atoms with Crippen LogP contribution >= 0.6 is 0 Å². The third-order valence-electron chi connectivity index (χ3n) is 5.61. The van der Waals surface area contributed by atoms with E-state index in [4.69, 9.17) is 18.9 Å². The number of nitrogens with one attached hydrogen (secondary N) is 1. The van der Waals surface area contributed by atoms with Gasteiger partial charge in [0.2, 0.25) is 0 Å². The zero-order valence-electron chi connectivity index (χ0n) is 17.2. The summed E-state index contributed by atoms with van der Waals surface area (Å²) in [5, 5.41) is 14.2. The van der Waals surface area contributed by atoms with Crippen LogP contribution in [0.4, 0.5) is 4.79 Å². The molecule has 2 aromatic carbocycles. The highest BCUT2D eigenvalue weighted by Gasteiger charge is 2.60. The van der Waals surface area contributed by atoms with E-state index in [0.29, 0.717) is 25.4 Å². The van der Waals surface area contributed by atoms with Gasteiger partial charge in [-0.3, -0.25) is 0 Å². The molecule has 3 fully saturated rings. The molecule has 2 N–H and O–H groups in total. The zero-order valence-corrected chi connectivity index (χ0v) is 17.2. The molecule has 2 atom stereocenters. The van der Waals surface area contributed by atoms with Crippen LogP contribution in [-0.2, 0) is 31.2 Å². The van der Waals surface area contributed by atoms with E-state index in [1.807, 2.05) is 55.5 Å². The number of amides is 1. The van der Waals surface area contributed by atoms with Crippen LogP contribution in [0.5, 0.6) is 0 Å². The Bertz CT molecular complexity index is 845. The molecule has 0 radical (unpaired) electrons. The molecule has 0 saturated carbocycles. The summed E-state index contributed by atoms with van der Waals surface area (Å²) in [5.41, 5.74) is -0.369. The Morgan fingerprint density at radius 3 is 2.17 bits per heavy atom. The number of hydrogen-bond donors (Lipinski definition) is 2. The third-order valence-corrected chi connectivity index (χ3v) is 5.61. The van der Waals surface area contributed by atoms with Gasteiger partial charge in [-0.1, -0.05) is 67.6 Å². The SMILES string of the molecule is CC12COC([C@@H](NC(=O)OCc3ccccc3)[C@@](C)(O)c3ccccc3)(OC1)OC2. The number of carbonyl (C=O) groups excluding carboxylic acids is 1. The van der Waals surface area contributed by atoms with Gasteiger partial charge in [0.25, 0.3) is 0 Å². The Kier molecular flexibility index (Phi) is 5.55. The molecule has 2 aromatic rings. The highest BCUT2D eigenvalue weighted by molar-refractivity contribution is 5.68. The Morgan fingerprint density at radius 1 is 1.07 bits per heavy atom. The van der Waals surface area contributed by atoms with Gasteiger partial charge >= 0.3 is 12.1 Å². The highest BCUT2D eigenvalue weighted by atomic mass is 16.9. The first-order chi connectivity index (χ1) is 14.3. The zero-order chi connectivity index (χ0) is 21.2. The number of alkyl carbamates (subject to hydrolysis) is 1.